The first-order chi connectivity index (χ1) is 12.5. The van der Waals surface area contributed by atoms with Gasteiger partial charge in [0.25, 0.3) is 5.91 Å². The van der Waals surface area contributed by atoms with Crippen LogP contribution in [0.4, 0.5) is 5.69 Å². The standard InChI is InChI=1S/C20H20ClNO4/c1-3-25-19(23)12-9-15-7-10-17(11-8-15)22-20(24)14(2)26-18-6-4-5-16(21)13-18/h4-14H,3H2,1-2H3,(H,22,24)/b12-9+. The van der Waals surface area contributed by atoms with Crippen molar-refractivity contribution < 1.29 is 19.1 Å². The molecule has 0 radical (unpaired) electrons. The summed E-state index contributed by atoms with van der Waals surface area (Å²) in [5.41, 5.74) is 1.45. The summed E-state index contributed by atoms with van der Waals surface area (Å²) >= 11 is 5.90. The maximum atomic E-state index is 12.2. The van der Waals surface area contributed by atoms with Crippen molar-refractivity contribution in [3.8, 4) is 5.75 Å². The second-order valence-electron chi connectivity index (χ2n) is 5.41. The molecule has 0 aromatic heterocycles. The normalized spacial score (nSPS) is 11.8. The molecular formula is C20H20ClNO4. The Morgan fingerprint density at radius 2 is 1.92 bits per heavy atom. The van der Waals surface area contributed by atoms with Gasteiger partial charge in [0.15, 0.2) is 6.10 Å². The Kier molecular flexibility index (Phi) is 7.24. The van der Waals surface area contributed by atoms with Crippen LogP contribution in [0, 0.1) is 0 Å². The summed E-state index contributed by atoms with van der Waals surface area (Å²) in [7, 11) is 0. The number of anilines is 1. The summed E-state index contributed by atoms with van der Waals surface area (Å²) in [4.78, 5) is 23.5. The van der Waals surface area contributed by atoms with Gasteiger partial charge in [-0.05, 0) is 55.8 Å². The monoisotopic (exact) mass is 373 g/mol. The van der Waals surface area contributed by atoms with E-state index in [1.54, 1.807) is 68.5 Å². The van der Waals surface area contributed by atoms with E-state index in [-0.39, 0.29) is 5.91 Å². The average molecular weight is 374 g/mol. The molecule has 1 atom stereocenters. The van der Waals surface area contributed by atoms with Gasteiger partial charge in [0, 0.05) is 16.8 Å². The molecule has 1 N–H and O–H groups in total. The van der Waals surface area contributed by atoms with E-state index in [0.29, 0.717) is 23.1 Å². The van der Waals surface area contributed by atoms with Crippen molar-refractivity contribution in [2.24, 2.45) is 0 Å². The maximum Gasteiger partial charge on any atom is 0.330 e. The van der Waals surface area contributed by atoms with E-state index in [4.69, 9.17) is 21.1 Å². The lowest BCUT2D eigenvalue weighted by Gasteiger charge is -2.15. The third kappa shape index (κ3) is 6.26. The van der Waals surface area contributed by atoms with Crippen LogP contribution < -0.4 is 10.1 Å². The molecule has 0 aliphatic heterocycles. The van der Waals surface area contributed by atoms with E-state index in [2.05, 4.69) is 5.32 Å². The van der Waals surface area contributed by atoms with Crippen molar-refractivity contribution in [1.82, 2.24) is 0 Å². The molecule has 0 heterocycles. The fourth-order valence-corrected chi connectivity index (χ4v) is 2.25. The van der Waals surface area contributed by atoms with Gasteiger partial charge < -0.3 is 14.8 Å². The number of carbonyl (C=O) groups excluding carboxylic acids is 2. The van der Waals surface area contributed by atoms with Gasteiger partial charge in [-0.25, -0.2) is 4.79 Å². The zero-order chi connectivity index (χ0) is 18.9. The molecule has 26 heavy (non-hydrogen) atoms. The quantitative estimate of drug-likeness (QED) is 0.579. The van der Waals surface area contributed by atoms with Gasteiger partial charge in [0.1, 0.15) is 5.75 Å². The molecular weight excluding hydrogens is 354 g/mol. The van der Waals surface area contributed by atoms with Crippen molar-refractivity contribution in [3.05, 3.63) is 65.2 Å². The zero-order valence-electron chi connectivity index (χ0n) is 14.6. The van der Waals surface area contributed by atoms with E-state index >= 15 is 0 Å². The Balaban J connectivity index is 1.91. The van der Waals surface area contributed by atoms with Gasteiger partial charge >= 0.3 is 5.97 Å². The fourth-order valence-electron chi connectivity index (χ4n) is 2.07. The minimum absolute atomic E-state index is 0.278. The number of rotatable bonds is 7. The molecule has 5 nitrogen and oxygen atoms in total. The van der Waals surface area contributed by atoms with Crippen LogP contribution in [-0.2, 0) is 14.3 Å². The van der Waals surface area contributed by atoms with Crippen molar-refractivity contribution >= 4 is 35.2 Å². The lowest BCUT2D eigenvalue weighted by Crippen LogP contribution is -2.30. The molecule has 0 saturated carbocycles. The van der Waals surface area contributed by atoms with Crippen molar-refractivity contribution in [2.75, 3.05) is 11.9 Å². The van der Waals surface area contributed by atoms with Crippen molar-refractivity contribution in [2.45, 2.75) is 20.0 Å². The van der Waals surface area contributed by atoms with Crippen LogP contribution in [0.3, 0.4) is 0 Å². The number of carbonyl (C=O) groups is 2. The third-order valence-corrected chi connectivity index (χ3v) is 3.59. The molecule has 0 bridgehead atoms. The molecule has 6 heteroatoms. The number of benzene rings is 2. The molecule has 2 rings (SSSR count). The summed E-state index contributed by atoms with van der Waals surface area (Å²) in [5, 5.41) is 3.32. The molecule has 0 fully saturated rings. The lowest BCUT2D eigenvalue weighted by atomic mass is 10.2. The highest BCUT2D eigenvalue weighted by Gasteiger charge is 2.15. The first-order valence-electron chi connectivity index (χ1n) is 8.16. The first-order valence-corrected chi connectivity index (χ1v) is 8.53. The molecule has 1 unspecified atom stereocenters. The second kappa shape index (κ2) is 9.63. The highest BCUT2D eigenvalue weighted by Crippen LogP contribution is 2.19. The van der Waals surface area contributed by atoms with Gasteiger partial charge in [-0.15, -0.1) is 0 Å². The van der Waals surface area contributed by atoms with E-state index in [9.17, 15) is 9.59 Å². The summed E-state index contributed by atoms with van der Waals surface area (Å²) in [6.07, 6.45) is 2.32. The van der Waals surface area contributed by atoms with Crippen LogP contribution in [-0.4, -0.2) is 24.6 Å². The Labute approximate surface area is 157 Å². The minimum atomic E-state index is -0.683. The molecule has 1 amide bonds. The summed E-state index contributed by atoms with van der Waals surface area (Å²) in [6, 6.07) is 13.9. The number of hydrogen-bond donors (Lipinski definition) is 1. The minimum Gasteiger partial charge on any atom is -0.481 e. The predicted octanol–water partition coefficient (Wildman–Crippen LogP) is 4.32. The van der Waals surface area contributed by atoms with E-state index < -0.39 is 12.1 Å². The first kappa shape index (κ1) is 19.5. The molecule has 0 aliphatic carbocycles. The van der Waals surface area contributed by atoms with Gasteiger partial charge in [-0.1, -0.05) is 29.8 Å². The van der Waals surface area contributed by atoms with Crippen LogP contribution in [0.2, 0.25) is 5.02 Å². The van der Waals surface area contributed by atoms with Crippen LogP contribution >= 0.6 is 11.6 Å². The van der Waals surface area contributed by atoms with E-state index in [1.807, 2.05) is 0 Å². The summed E-state index contributed by atoms with van der Waals surface area (Å²) in [5.74, 6) is -0.142. The van der Waals surface area contributed by atoms with Crippen molar-refractivity contribution in [3.63, 3.8) is 0 Å². The maximum absolute atomic E-state index is 12.2. The Bertz CT molecular complexity index is 787. The molecule has 0 saturated heterocycles. The highest BCUT2D eigenvalue weighted by atomic mass is 35.5. The summed E-state index contributed by atoms with van der Waals surface area (Å²) < 4.78 is 10.4. The SMILES string of the molecule is CCOC(=O)/C=C/c1ccc(NC(=O)C(C)Oc2cccc(Cl)c2)cc1. The number of halogens is 1. The largest absolute Gasteiger partial charge is 0.481 e. The molecule has 0 aliphatic rings. The number of ether oxygens (including phenoxy) is 2. The number of hydrogen-bond acceptors (Lipinski definition) is 4. The summed E-state index contributed by atoms with van der Waals surface area (Å²) in [6.45, 7) is 3.75. The van der Waals surface area contributed by atoms with Gasteiger partial charge in [0.05, 0.1) is 6.61 Å². The van der Waals surface area contributed by atoms with E-state index in [0.717, 1.165) is 5.56 Å². The number of nitrogens with one attached hydrogen (secondary N) is 1. The Morgan fingerprint density at radius 3 is 2.58 bits per heavy atom. The van der Waals surface area contributed by atoms with Crippen LogP contribution in [0.5, 0.6) is 5.75 Å². The topological polar surface area (TPSA) is 64.6 Å². The van der Waals surface area contributed by atoms with Gasteiger partial charge in [-0.2, -0.15) is 0 Å². The molecule has 2 aromatic carbocycles. The van der Waals surface area contributed by atoms with E-state index in [1.165, 1.54) is 6.08 Å². The Morgan fingerprint density at radius 1 is 1.19 bits per heavy atom. The Hall–Kier alpha value is -2.79. The predicted molar refractivity (Wildman–Crippen MR) is 102 cm³/mol. The van der Waals surface area contributed by atoms with Crippen LogP contribution in [0.25, 0.3) is 6.08 Å². The lowest BCUT2D eigenvalue weighted by molar-refractivity contribution is -0.137. The molecule has 2 aromatic rings. The number of amides is 1. The van der Waals surface area contributed by atoms with Crippen LogP contribution in [0.1, 0.15) is 19.4 Å². The zero-order valence-corrected chi connectivity index (χ0v) is 15.3. The highest BCUT2D eigenvalue weighted by molar-refractivity contribution is 6.30. The van der Waals surface area contributed by atoms with Gasteiger partial charge in [-0.3, -0.25) is 4.79 Å². The van der Waals surface area contributed by atoms with Crippen molar-refractivity contribution in [1.29, 1.82) is 0 Å². The van der Waals surface area contributed by atoms with Gasteiger partial charge in [0.2, 0.25) is 0 Å². The second-order valence-corrected chi connectivity index (χ2v) is 5.85. The molecule has 136 valence electrons. The van der Waals surface area contributed by atoms with Crippen LogP contribution in [0.15, 0.2) is 54.6 Å². The fraction of sp³-hybridized carbons (Fsp3) is 0.200. The molecule has 0 spiro atoms. The number of esters is 1. The smallest absolute Gasteiger partial charge is 0.330 e. The third-order valence-electron chi connectivity index (χ3n) is 3.35. The average Bonchev–Trinajstić information content (AvgIpc) is 2.61.